The van der Waals surface area contributed by atoms with E-state index in [1.807, 2.05) is 0 Å². The molecule has 0 amide bonds. The van der Waals surface area contributed by atoms with Gasteiger partial charge in [-0.25, -0.2) is 4.98 Å². The van der Waals surface area contributed by atoms with E-state index in [1.54, 1.807) is 54.6 Å². The maximum absolute atomic E-state index is 13.9. The van der Waals surface area contributed by atoms with E-state index in [9.17, 15) is 23.1 Å². The number of fused-ring (bicyclic) bond motifs is 1. The maximum Gasteiger partial charge on any atom is 0.416 e. The number of aromatic hydroxyl groups is 1. The van der Waals surface area contributed by atoms with Gasteiger partial charge in [-0.1, -0.05) is 35.9 Å². The molecule has 3 N–H and O–H groups in total. The molecule has 0 unspecified atom stereocenters. The second kappa shape index (κ2) is 10.7. The summed E-state index contributed by atoms with van der Waals surface area (Å²) >= 11 is 7.03. The second-order valence-electron chi connectivity index (χ2n) is 9.33. The molecule has 0 fully saturated rings. The van der Waals surface area contributed by atoms with E-state index in [1.165, 1.54) is 19.2 Å². The highest BCUT2D eigenvalue weighted by atomic mass is 35.5. The molecule has 3 heterocycles. The highest BCUT2D eigenvalue weighted by Crippen LogP contribution is 2.43. The van der Waals surface area contributed by atoms with Crippen LogP contribution in [0.5, 0.6) is 11.7 Å². The minimum Gasteiger partial charge on any atom is -0.497 e. The topological polar surface area (TPSA) is 115 Å². The van der Waals surface area contributed by atoms with Crippen molar-refractivity contribution >= 4 is 44.6 Å². The van der Waals surface area contributed by atoms with Crippen molar-refractivity contribution in [1.29, 1.82) is 0 Å². The van der Waals surface area contributed by atoms with Crippen molar-refractivity contribution in [2.24, 2.45) is 0 Å². The minimum absolute atomic E-state index is 0.0321. The lowest BCUT2D eigenvalue weighted by atomic mass is 9.98. The van der Waals surface area contributed by atoms with E-state index in [-0.39, 0.29) is 16.3 Å². The van der Waals surface area contributed by atoms with E-state index < -0.39 is 23.5 Å². The number of anilines is 1. The zero-order valence-corrected chi connectivity index (χ0v) is 23.6. The van der Waals surface area contributed by atoms with Crippen molar-refractivity contribution in [3.05, 3.63) is 100 Å². The van der Waals surface area contributed by atoms with Crippen LogP contribution < -0.4 is 15.2 Å². The summed E-state index contributed by atoms with van der Waals surface area (Å²) in [5.74, 6) is -0.853. The summed E-state index contributed by atoms with van der Waals surface area (Å²) in [6.45, 7) is 0. The molecule has 43 heavy (non-hydrogen) atoms. The molecule has 6 rings (SSSR count). The summed E-state index contributed by atoms with van der Waals surface area (Å²) in [7, 11) is 1.51. The molecule has 8 nitrogen and oxygen atoms in total. The number of nitrogens with two attached hydrogens (primary N) is 1. The lowest BCUT2D eigenvalue weighted by molar-refractivity contribution is -0.672. The summed E-state index contributed by atoms with van der Waals surface area (Å²) in [6.07, 6.45) is -4.51. The van der Waals surface area contributed by atoms with Crippen LogP contribution in [0.1, 0.15) is 20.9 Å². The molecule has 0 saturated carbocycles. The largest absolute Gasteiger partial charge is 0.497 e. The standard InChI is InChI=1S/C30H18ClF3N4O4S/c1-41-20-12-10-19(11-13-20)38-25(29(40)42-37-38)26(39)27-24(35)23-21(15-2-6-17(7-3-15)30(32,33)34)14-22(36-28(23)43-27)16-4-8-18(31)9-5-16/h2-14H,1H3,(H2-,35,37,39,40)/p+1. The van der Waals surface area contributed by atoms with Gasteiger partial charge in [0.1, 0.15) is 15.5 Å². The molecule has 0 aliphatic heterocycles. The van der Waals surface area contributed by atoms with Crippen LogP contribution in [0.2, 0.25) is 5.02 Å². The number of thiophene rings is 1. The van der Waals surface area contributed by atoms with E-state index in [4.69, 9.17) is 31.6 Å². The molecular formula is C30H19ClF3N4O4S+. The molecule has 3 aromatic carbocycles. The van der Waals surface area contributed by atoms with Crippen LogP contribution in [-0.4, -0.2) is 28.3 Å². The lowest BCUT2D eigenvalue weighted by Gasteiger charge is -2.11. The Morgan fingerprint density at radius 3 is 2.30 bits per heavy atom. The van der Waals surface area contributed by atoms with Crippen LogP contribution in [0.4, 0.5) is 18.9 Å². The quantitative estimate of drug-likeness (QED) is 0.150. The number of hydrogen-bond donors (Lipinski definition) is 2. The summed E-state index contributed by atoms with van der Waals surface area (Å²) in [6, 6.07) is 19.7. The molecule has 0 radical (unpaired) electrons. The van der Waals surface area contributed by atoms with Gasteiger partial charge in [0.25, 0.3) is 5.78 Å². The van der Waals surface area contributed by atoms with Gasteiger partial charge in [-0.15, -0.1) is 11.3 Å². The van der Waals surface area contributed by atoms with Crippen molar-refractivity contribution < 1.29 is 37.0 Å². The van der Waals surface area contributed by atoms with Crippen LogP contribution in [0, 0.1) is 0 Å². The maximum atomic E-state index is 13.9. The summed E-state index contributed by atoms with van der Waals surface area (Å²) in [5, 5.41) is 15.2. The number of alkyl halides is 3. The third kappa shape index (κ3) is 5.15. The fourth-order valence-corrected chi connectivity index (χ4v) is 5.77. The number of carbonyl (C=O) groups is 1. The molecule has 216 valence electrons. The third-order valence-electron chi connectivity index (χ3n) is 6.72. The Bertz CT molecular complexity index is 1990. The van der Waals surface area contributed by atoms with Crippen LogP contribution in [0.3, 0.4) is 0 Å². The van der Waals surface area contributed by atoms with Gasteiger partial charge in [-0.2, -0.15) is 13.2 Å². The number of benzene rings is 3. The number of nitrogen functional groups attached to an aromatic ring is 1. The summed E-state index contributed by atoms with van der Waals surface area (Å²) in [5.41, 5.74) is 7.99. The average Bonchev–Trinajstić information content (AvgIpc) is 3.56. The number of nitrogens with zero attached hydrogens (tertiary/aromatic N) is 3. The van der Waals surface area contributed by atoms with Crippen LogP contribution >= 0.6 is 22.9 Å². The van der Waals surface area contributed by atoms with Gasteiger partial charge in [0.15, 0.2) is 0 Å². The van der Waals surface area contributed by atoms with Crippen molar-refractivity contribution in [1.82, 2.24) is 10.3 Å². The minimum atomic E-state index is -4.51. The first-order chi connectivity index (χ1) is 20.5. The van der Waals surface area contributed by atoms with E-state index in [2.05, 4.69) is 5.27 Å². The Morgan fingerprint density at radius 2 is 1.67 bits per heavy atom. The van der Waals surface area contributed by atoms with Gasteiger partial charge >= 0.3 is 17.8 Å². The molecule has 0 saturated heterocycles. The van der Waals surface area contributed by atoms with Crippen molar-refractivity contribution in [2.75, 3.05) is 12.8 Å². The predicted molar refractivity (Wildman–Crippen MR) is 155 cm³/mol. The molecule has 0 aliphatic rings. The number of aromatic nitrogens is 3. The van der Waals surface area contributed by atoms with Crippen molar-refractivity contribution in [3.63, 3.8) is 0 Å². The normalized spacial score (nSPS) is 11.7. The number of hydrogen-bond acceptors (Lipinski definition) is 8. The number of carbonyl (C=O) groups excluding carboxylic acids is 1. The van der Waals surface area contributed by atoms with Crippen LogP contribution in [0.25, 0.3) is 38.3 Å². The molecule has 0 bridgehead atoms. The first-order valence-corrected chi connectivity index (χ1v) is 13.7. The van der Waals surface area contributed by atoms with Crippen molar-refractivity contribution in [2.45, 2.75) is 6.18 Å². The molecular weight excluding hydrogens is 605 g/mol. The molecule has 13 heteroatoms. The fourth-order valence-electron chi connectivity index (χ4n) is 4.58. The molecule has 0 aliphatic carbocycles. The Balaban J connectivity index is 1.53. The highest BCUT2D eigenvalue weighted by Gasteiger charge is 2.37. The highest BCUT2D eigenvalue weighted by molar-refractivity contribution is 7.21. The zero-order chi connectivity index (χ0) is 30.5. The number of halogens is 4. The van der Waals surface area contributed by atoms with Crippen LogP contribution in [0.15, 0.2) is 83.4 Å². The fraction of sp³-hybridized carbons (Fsp3) is 0.0667. The molecule has 0 atom stereocenters. The van der Waals surface area contributed by atoms with Gasteiger partial charge in [0.2, 0.25) is 11.0 Å². The van der Waals surface area contributed by atoms with Gasteiger partial charge in [-0.05, 0) is 53.6 Å². The van der Waals surface area contributed by atoms with Crippen LogP contribution in [-0.2, 0) is 6.18 Å². The molecule has 3 aromatic heterocycles. The van der Waals surface area contributed by atoms with Gasteiger partial charge < -0.3 is 15.6 Å². The first kappa shape index (κ1) is 28.2. The number of methoxy groups -OCH3 is 1. The van der Waals surface area contributed by atoms with Crippen molar-refractivity contribution in [3.8, 4) is 39.8 Å². The zero-order valence-electron chi connectivity index (χ0n) is 22.0. The Morgan fingerprint density at radius 1 is 1.02 bits per heavy atom. The second-order valence-corrected chi connectivity index (χ2v) is 10.8. The Hall–Kier alpha value is -4.94. The number of pyridine rings is 1. The predicted octanol–water partition coefficient (Wildman–Crippen LogP) is 7.09. The number of ether oxygens (including phenoxy) is 1. The monoisotopic (exact) mass is 623 g/mol. The van der Waals surface area contributed by atoms with E-state index >= 15 is 0 Å². The average molecular weight is 624 g/mol. The lowest BCUT2D eigenvalue weighted by Crippen LogP contribution is -2.38. The number of rotatable bonds is 6. The van der Waals surface area contributed by atoms with Gasteiger partial charge in [0, 0.05) is 32.8 Å². The molecule has 6 aromatic rings. The molecule has 0 spiro atoms. The SMILES string of the molecule is COc1ccc(-[n+]2noc(O)c2C(=O)c2sc3nc(-c4ccc(Cl)cc4)cc(-c4ccc(C(F)(F)F)cc4)c3c2N)cc1. The number of ketones is 1. The Labute approximate surface area is 250 Å². The van der Waals surface area contributed by atoms with Gasteiger partial charge in [0.05, 0.1) is 24.1 Å². The Kier molecular flexibility index (Phi) is 7.03. The third-order valence-corrected chi connectivity index (χ3v) is 8.07. The van der Waals surface area contributed by atoms with E-state index in [0.29, 0.717) is 49.1 Å². The van der Waals surface area contributed by atoms with Gasteiger partial charge in [-0.3, -0.25) is 9.32 Å². The summed E-state index contributed by atoms with van der Waals surface area (Å²) < 4.78 is 51.1. The smallest absolute Gasteiger partial charge is 0.416 e. The first-order valence-electron chi connectivity index (χ1n) is 12.5. The van der Waals surface area contributed by atoms with E-state index in [0.717, 1.165) is 28.2 Å². The summed E-state index contributed by atoms with van der Waals surface area (Å²) in [4.78, 5) is 19.0.